The Kier molecular flexibility index (Phi) is 1.86. The molecule has 1 unspecified atom stereocenters. The smallest absolute Gasteiger partial charge is 0.207 e. The Hall–Kier alpha value is -1.13. The number of nitrogens with zero attached hydrogens (tertiary/aromatic N) is 1. The van der Waals surface area contributed by atoms with Crippen LogP contribution in [0.3, 0.4) is 0 Å². The predicted molar refractivity (Wildman–Crippen MR) is 61.4 cm³/mol. The Labute approximate surface area is 95.4 Å². The molecule has 1 aromatic rings. The molecule has 0 N–H and O–H groups in total. The molecule has 84 valence electrons. The highest BCUT2D eigenvalue weighted by atomic mass is 32.2. The van der Waals surface area contributed by atoms with Gasteiger partial charge in [0, 0.05) is 6.54 Å². The van der Waals surface area contributed by atoms with Crippen molar-refractivity contribution in [3.63, 3.8) is 0 Å². The molecule has 0 spiro atoms. The number of sulfonamides is 1. The van der Waals surface area contributed by atoms with Gasteiger partial charge in [0.15, 0.2) is 0 Å². The zero-order valence-electron chi connectivity index (χ0n) is 9.05. The number of hydrogen-bond acceptors (Lipinski definition) is 2. The lowest BCUT2D eigenvalue weighted by Crippen LogP contribution is -2.43. The topological polar surface area (TPSA) is 37.4 Å². The van der Waals surface area contributed by atoms with E-state index in [4.69, 9.17) is 0 Å². The number of hydrogen-bond donors (Lipinski definition) is 0. The first-order chi connectivity index (χ1) is 7.57. The molecule has 1 atom stereocenters. The van der Waals surface area contributed by atoms with Gasteiger partial charge < -0.3 is 0 Å². The summed E-state index contributed by atoms with van der Waals surface area (Å²) in [5.74, 6) is 0. The van der Waals surface area contributed by atoms with E-state index in [1.807, 2.05) is 25.1 Å². The molecule has 16 heavy (non-hydrogen) atoms. The Morgan fingerprint density at radius 1 is 1.25 bits per heavy atom. The first-order valence-electron chi connectivity index (χ1n) is 5.34. The molecule has 3 rings (SSSR count). The molecule has 0 radical (unpaired) electrons. The Morgan fingerprint density at radius 3 is 2.81 bits per heavy atom. The molecule has 0 saturated carbocycles. The Balaban J connectivity index is 2.35. The van der Waals surface area contributed by atoms with Gasteiger partial charge in [-0.05, 0) is 25.0 Å². The van der Waals surface area contributed by atoms with Gasteiger partial charge in [0.05, 0.1) is 10.4 Å². The molecule has 1 aromatic carbocycles. The van der Waals surface area contributed by atoms with Crippen molar-refractivity contribution >= 4 is 10.0 Å². The van der Waals surface area contributed by atoms with Gasteiger partial charge in [-0.3, -0.25) is 0 Å². The first kappa shape index (κ1) is 10.1. The summed E-state index contributed by atoms with van der Waals surface area (Å²) in [6, 6.07) is 7.31. The minimum absolute atomic E-state index is 0.385. The quantitative estimate of drug-likeness (QED) is 0.644. The fourth-order valence-corrected chi connectivity index (χ4v) is 4.69. The molecule has 0 aromatic heterocycles. The largest absolute Gasteiger partial charge is 0.244 e. The lowest BCUT2D eigenvalue weighted by Gasteiger charge is -2.35. The summed E-state index contributed by atoms with van der Waals surface area (Å²) >= 11 is 0. The van der Waals surface area contributed by atoms with Crippen molar-refractivity contribution in [2.45, 2.75) is 23.8 Å². The van der Waals surface area contributed by atoms with Crippen LogP contribution < -0.4 is 0 Å². The highest BCUT2D eigenvalue weighted by Gasteiger charge is 2.50. The van der Waals surface area contributed by atoms with Gasteiger partial charge in [0.1, 0.15) is 0 Å². The highest BCUT2D eigenvalue weighted by molar-refractivity contribution is 7.89. The average molecular weight is 235 g/mol. The Bertz CT molecular complexity index is 576. The lowest BCUT2D eigenvalue weighted by molar-refractivity contribution is 0.230. The van der Waals surface area contributed by atoms with E-state index in [1.54, 1.807) is 16.4 Å². The van der Waals surface area contributed by atoms with Crippen LogP contribution in [0, 0.1) is 0 Å². The van der Waals surface area contributed by atoms with Crippen LogP contribution in [-0.2, 0) is 15.6 Å². The fourth-order valence-electron chi connectivity index (χ4n) is 2.65. The third-order valence-corrected chi connectivity index (χ3v) is 5.58. The van der Waals surface area contributed by atoms with Crippen LogP contribution in [0.1, 0.15) is 18.9 Å². The van der Waals surface area contributed by atoms with E-state index in [2.05, 4.69) is 6.08 Å². The van der Waals surface area contributed by atoms with E-state index in [0.29, 0.717) is 11.4 Å². The van der Waals surface area contributed by atoms with Crippen LogP contribution in [0.25, 0.3) is 0 Å². The maximum Gasteiger partial charge on any atom is 0.244 e. The molecule has 2 aliphatic heterocycles. The fraction of sp³-hybridized carbons (Fsp3) is 0.333. The minimum Gasteiger partial charge on any atom is -0.207 e. The van der Waals surface area contributed by atoms with E-state index >= 15 is 0 Å². The lowest BCUT2D eigenvalue weighted by atomic mass is 9.87. The van der Waals surface area contributed by atoms with Gasteiger partial charge in [-0.25, -0.2) is 8.42 Å². The molecule has 0 bridgehead atoms. The van der Waals surface area contributed by atoms with Gasteiger partial charge >= 0.3 is 0 Å². The van der Waals surface area contributed by atoms with Crippen LogP contribution in [0.2, 0.25) is 0 Å². The highest BCUT2D eigenvalue weighted by Crippen LogP contribution is 2.47. The molecule has 0 aliphatic carbocycles. The third kappa shape index (κ3) is 1.03. The third-order valence-electron chi connectivity index (χ3n) is 3.54. The van der Waals surface area contributed by atoms with Gasteiger partial charge in [0.25, 0.3) is 0 Å². The molecule has 4 heteroatoms. The summed E-state index contributed by atoms with van der Waals surface area (Å²) in [7, 11) is -3.28. The van der Waals surface area contributed by atoms with Crippen LogP contribution in [0.5, 0.6) is 0 Å². The summed E-state index contributed by atoms with van der Waals surface area (Å²) in [6.45, 7) is 2.48. The zero-order valence-corrected chi connectivity index (χ0v) is 9.87. The molecule has 2 aliphatic rings. The molecule has 0 amide bonds. The monoisotopic (exact) mass is 235 g/mol. The van der Waals surface area contributed by atoms with E-state index in [9.17, 15) is 8.42 Å². The SMILES string of the molecule is CC12CC=CCN1S(=O)(=O)c1ccccc12. The molecule has 3 nitrogen and oxygen atoms in total. The molecule has 2 heterocycles. The summed E-state index contributed by atoms with van der Waals surface area (Å²) < 4.78 is 26.2. The maximum absolute atomic E-state index is 12.3. The van der Waals surface area contributed by atoms with Crippen LogP contribution >= 0.6 is 0 Å². The van der Waals surface area contributed by atoms with Crippen molar-refractivity contribution in [1.82, 2.24) is 4.31 Å². The average Bonchev–Trinajstić information content (AvgIpc) is 2.46. The second kappa shape index (κ2) is 2.96. The summed E-state index contributed by atoms with van der Waals surface area (Å²) in [5.41, 5.74) is 0.545. The van der Waals surface area contributed by atoms with Gasteiger partial charge in [0.2, 0.25) is 10.0 Å². The van der Waals surface area contributed by atoms with Crippen molar-refractivity contribution < 1.29 is 8.42 Å². The molecular formula is C12H13NO2S. The maximum atomic E-state index is 12.3. The van der Waals surface area contributed by atoms with Crippen LogP contribution in [0.15, 0.2) is 41.3 Å². The standard InChI is InChI=1S/C12H13NO2S/c1-12-8-4-5-9-13(12)16(14,15)11-7-3-2-6-10(11)12/h2-7H,8-9H2,1H3. The van der Waals surface area contributed by atoms with E-state index < -0.39 is 10.0 Å². The summed E-state index contributed by atoms with van der Waals surface area (Å²) in [5, 5.41) is 0. The van der Waals surface area contributed by atoms with Crippen molar-refractivity contribution in [2.75, 3.05) is 6.54 Å². The van der Waals surface area contributed by atoms with E-state index in [0.717, 1.165) is 12.0 Å². The number of benzene rings is 1. The number of rotatable bonds is 0. The van der Waals surface area contributed by atoms with Crippen LogP contribution in [0.4, 0.5) is 0 Å². The van der Waals surface area contributed by atoms with Gasteiger partial charge in [-0.2, -0.15) is 4.31 Å². The molecule has 0 fully saturated rings. The normalized spacial score (nSPS) is 31.1. The summed E-state index contributed by atoms with van der Waals surface area (Å²) in [4.78, 5) is 0.473. The van der Waals surface area contributed by atoms with Crippen molar-refractivity contribution in [3.05, 3.63) is 42.0 Å². The summed E-state index contributed by atoms with van der Waals surface area (Å²) in [6.07, 6.45) is 4.74. The zero-order chi connectivity index (χ0) is 11.4. The van der Waals surface area contributed by atoms with Crippen molar-refractivity contribution in [3.8, 4) is 0 Å². The second-order valence-electron chi connectivity index (χ2n) is 4.48. The van der Waals surface area contributed by atoms with Crippen molar-refractivity contribution in [2.24, 2.45) is 0 Å². The second-order valence-corrected chi connectivity index (χ2v) is 6.31. The molecule has 0 saturated heterocycles. The van der Waals surface area contributed by atoms with Crippen molar-refractivity contribution in [1.29, 1.82) is 0 Å². The minimum atomic E-state index is -3.28. The molecular weight excluding hydrogens is 222 g/mol. The van der Waals surface area contributed by atoms with Crippen LogP contribution in [-0.4, -0.2) is 19.3 Å². The Morgan fingerprint density at radius 2 is 2.00 bits per heavy atom. The van der Waals surface area contributed by atoms with Gasteiger partial charge in [-0.15, -0.1) is 0 Å². The van der Waals surface area contributed by atoms with E-state index in [1.165, 1.54) is 0 Å². The number of fused-ring (bicyclic) bond motifs is 3. The van der Waals surface area contributed by atoms with Gasteiger partial charge in [-0.1, -0.05) is 30.4 Å². The predicted octanol–water partition coefficient (Wildman–Crippen LogP) is 1.87. The first-order valence-corrected chi connectivity index (χ1v) is 6.78. The van der Waals surface area contributed by atoms with E-state index in [-0.39, 0.29) is 5.54 Å².